The molecule has 1 aliphatic rings. The monoisotopic (exact) mass is 498 g/mol. The van der Waals surface area contributed by atoms with E-state index >= 15 is 0 Å². The molecule has 1 fully saturated rings. The number of nitrogens with one attached hydrogen (secondary N) is 2. The highest BCUT2D eigenvalue weighted by Gasteiger charge is 2.24. The lowest BCUT2D eigenvalue weighted by molar-refractivity contribution is 0.146. The van der Waals surface area contributed by atoms with Gasteiger partial charge in [-0.2, -0.15) is 0 Å². The Kier molecular flexibility index (Phi) is 9.63. The van der Waals surface area contributed by atoms with Crippen molar-refractivity contribution in [3.63, 3.8) is 0 Å². The van der Waals surface area contributed by atoms with Crippen molar-refractivity contribution in [2.75, 3.05) is 33.8 Å². The summed E-state index contributed by atoms with van der Waals surface area (Å²) >= 11 is 0. The highest BCUT2D eigenvalue weighted by Crippen LogP contribution is 2.24. The van der Waals surface area contributed by atoms with Gasteiger partial charge in [0.25, 0.3) is 0 Å². The number of hydrogen-bond acceptors (Lipinski definition) is 4. The summed E-state index contributed by atoms with van der Waals surface area (Å²) in [6.07, 6.45) is 5.57. The normalized spacial score (nSPS) is 16.1. The number of halogens is 1. The van der Waals surface area contributed by atoms with Gasteiger partial charge in [0.1, 0.15) is 11.5 Å². The zero-order valence-electron chi connectivity index (χ0n) is 16.7. The molecule has 0 radical (unpaired) electrons. The van der Waals surface area contributed by atoms with Crippen LogP contribution in [0.15, 0.2) is 52.1 Å². The van der Waals surface area contributed by atoms with Crippen LogP contribution in [0.1, 0.15) is 36.6 Å². The zero-order chi connectivity index (χ0) is 18.9. The fourth-order valence-corrected chi connectivity index (χ4v) is 3.50. The molecule has 7 heteroatoms. The van der Waals surface area contributed by atoms with Crippen LogP contribution in [-0.4, -0.2) is 44.7 Å². The Balaban J connectivity index is 0.00000280. The van der Waals surface area contributed by atoms with E-state index in [2.05, 4.69) is 32.7 Å². The van der Waals surface area contributed by atoms with Crippen LogP contribution in [0.25, 0.3) is 0 Å². The maximum atomic E-state index is 5.71. The first-order valence-electron chi connectivity index (χ1n) is 9.65. The smallest absolute Gasteiger partial charge is 0.191 e. The molecule has 1 aromatic carbocycles. The van der Waals surface area contributed by atoms with Gasteiger partial charge in [-0.15, -0.1) is 24.0 Å². The Morgan fingerprint density at radius 3 is 2.68 bits per heavy atom. The number of furan rings is 1. The molecule has 28 heavy (non-hydrogen) atoms. The van der Waals surface area contributed by atoms with E-state index in [1.54, 1.807) is 20.4 Å². The Bertz CT molecular complexity index is 715. The predicted molar refractivity (Wildman–Crippen MR) is 123 cm³/mol. The molecule has 3 rings (SSSR count). The Labute approximate surface area is 184 Å². The average Bonchev–Trinajstić information content (AvgIpc) is 3.26. The molecule has 154 valence electrons. The van der Waals surface area contributed by atoms with Crippen molar-refractivity contribution in [1.82, 2.24) is 15.5 Å². The van der Waals surface area contributed by atoms with Crippen molar-refractivity contribution < 1.29 is 9.15 Å². The number of nitrogens with zero attached hydrogens (tertiary/aromatic N) is 2. The number of hydrogen-bond donors (Lipinski definition) is 2. The van der Waals surface area contributed by atoms with Crippen LogP contribution in [0.3, 0.4) is 0 Å². The fourth-order valence-electron chi connectivity index (χ4n) is 3.50. The molecule has 6 nitrogen and oxygen atoms in total. The number of ether oxygens (including phenoxy) is 1. The van der Waals surface area contributed by atoms with Gasteiger partial charge in [0.05, 0.1) is 19.4 Å². The molecule has 0 bridgehead atoms. The summed E-state index contributed by atoms with van der Waals surface area (Å²) in [5, 5.41) is 6.83. The van der Waals surface area contributed by atoms with Gasteiger partial charge in [0.15, 0.2) is 5.96 Å². The summed E-state index contributed by atoms with van der Waals surface area (Å²) in [6.45, 7) is 3.67. The Morgan fingerprint density at radius 2 is 2.00 bits per heavy atom. The van der Waals surface area contributed by atoms with Gasteiger partial charge < -0.3 is 19.8 Å². The van der Waals surface area contributed by atoms with Gasteiger partial charge in [0.2, 0.25) is 0 Å². The minimum Gasteiger partial charge on any atom is -0.497 e. The second-order valence-corrected chi connectivity index (χ2v) is 6.79. The van der Waals surface area contributed by atoms with E-state index in [4.69, 9.17) is 9.15 Å². The quantitative estimate of drug-likeness (QED) is 0.346. The van der Waals surface area contributed by atoms with Crippen LogP contribution >= 0.6 is 24.0 Å². The van der Waals surface area contributed by atoms with Crippen molar-refractivity contribution in [3.05, 3.63) is 54.0 Å². The SMILES string of the molecule is CN=C(NCc1cccc(OC)c1)NCC(c1ccco1)N1CCCCC1.I. The molecule has 2 heterocycles. The molecule has 1 aliphatic heterocycles. The van der Waals surface area contributed by atoms with E-state index in [1.807, 2.05) is 24.3 Å². The summed E-state index contributed by atoms with van der Waals surface area (Å²) in [4.78, 5) is 6.86. The van der Waals surface area contributed by atoms with Crippen LogP contribution in [-0.2, 0) is 6.54 Å². The van der Waals surface area contributed by atoms with Gasteiger partial charge in [-0.3, -0.25) is 9.89 Å². The van der Waals surface area contributed by atoms with Crippen LogP contribution in [0.4, 0.5) is 0 Å². The van der Waals surface area contributed by atoms with Crippen molar-refractivity contribution in [3.8, 4) is 5.75 Å². The average molecular weight is 498 g/mol. The van der Waals surface area contributed by atoms with Gasteiger partial charge in [-0.05, 0) is 55.8 Å². The third kappa shape index (κ3) is 6.41. The van der Waals surface area contributed by atoms with E-state index < -0.39 is 0 Å². The van der Waals surface area contributed by atoms with Gasteiger partial charge in [-0.25, -0.2) is 0 Å². The summed E-state index contributed by atoms with van der Waals surface area (Å²) < 4.78 is 11.0. The fraction of sp³-hybridized carbons (Fsp3) is 0.476. The molecule has 2 N–H and O–H groups in total. The number of benzene rings is 1. The van der Waals surface area contributed by atoms with Crippen molar-refractivity contribution >= 4 is 29.9 Å². The van der Waals surface area contributed by atoms with Crippen molar-refractivity contribution in [1.29, 1.82) is 0 Å². The molecule has 1 aromatic heterocycles. The molecule has 0 aliphatic carbocycles. The first-order valence-corrected chi connectivity index (χ1v) is 9.65. The summed E-state index contributed by atoms with van der Waals surface area (Å²) in [6, 6.07) is 12.3. The minimum absolute atomic E-state index is 0. The molecule has 0 spiro atoms. The van der Waals surface area contributed by atoms with E-state index in [1.165, 1.54) is 19.3 Å². The van der Waals surface area contributed by atoms with E-state index in [0.29, 0.717) is 6.54 Å². The number of aliphatic imine (C=N–C) groups is 1. The standard InChI is InChI=1S/C21H30N4O2.HI/c1-22-21(23-15-17-8-6-9-18(14-17)26-2)24-16-19(20-10-7-13-27-20)25-11-4-3-5-12-25;/h6-10,13-14,19H,3-5,11-12,15-16H2,1-2H3,(H2,22,23,24);1H. The number of guanidine groups is 1. The van der Waals surface area contributed by atoms with Crippen molar-refractivity contribution in [2.45, 2.75) is 31.8 Å². The van der Waals surface area contributed by atoms with E-state index in [-0.39, 0.29) is 30.0 Å². The maximum Gasteiger partial charge on any atom is 0.191 e. The molecule has 2 aromatic rings. The predicted octanol–water partition coefficient (Wildman–Crippen LogP) is 3.80. The molecule has 1 saturated heterocycles. The second-order valence-electron chi connectivity index (χ2n) is 6.79. The summed E-state index contributed by atoms with van der Waals surface area (Å²) in [5.41, 5.74) is 1.15. The zero-order valence-corrected chi connectivity index (χ0v) is 19.0. The molecule has 0 saturated carbocycles. The Morgan fingerprint density at radius 1 is 1.18 bits per heavy atom. The first kappa shape index (κ1) is 22.5. The number of rotatable bonds is 7. The van der Waals surface area contributed by atoms with Crippen LogP contribution in [0.5, 0.6) is 5.75 Å². The number of piperidine rings is 1. The van der Waals surface area contributed by atoms with E-state index in [0.717, 1.165) is 42.7 Å². The molecule has 0 amide bonds. The van der Waals surface area contributed by atoms with Crippen molar-refractivity contribution in [2.24, 2.45) is 4.99 Å². The lowest BCUT2D eigenvalue weighted by atomic mass is 10.1. The van der Waals surface area contributed by atoms with Crippen LogP contribution in [0.2, 0.25) is 0 Å². The Hall–Kier alpha value is -1.74. The van der Waals surface area contributed by atoms with Gasteiger partial charge in [-0.1, -0.05) is 18.6 Å². The largest absolute Gasteiger partial charge is 0.497 e. The second kappa shape index (κ2) is 12.0. The molecular weight excluding hydrogens is 467 g/mol. The third-order valence-electron chi connectivity index (χ3n) is 4.98. The third-order valence-corrected chi connectivity index (χ3v) is 4.98. The molecule has 1 atom stereocenters. The summed E-state index contributed by atoms with van der Waals surface area (Å²) in [5.74, 6) is 2.65. The van der Waals surface area contributed by atoms with E-state index in [9.17, 15) is 0 Å². The topological polar surface area (TPSA) is 62.0 Å². The highest BCUT2D eigenvalue weighted by atomic mass is 127. The number of likely N-dealkylation sites (tertiary alicyclic amines) is 1. The van der Waals surface area contributed by atoms with Gasteiger partial charge in [0, 0.05) is 20.1 Å². The van der Waals surface area contributed by atoms with Crippen LogP contribution < -0.4 is 15.4 Å². The minimum atomic E-state index is 0. The highest BCUT2D eigenvalue weighted by molar-refractivity contribution is 14.0. The lowest BCUT2D eigenvalue weighted by Crippen LogP contribution is -2.44. The maximum absolute atomic E-state index is 5.71. The first-order chi connectivity index (χ1) is 13.3. The van der Waals surface area contributed by atoms with Crippen LogP contribution in [0, 0.1) is 0 Å². The molecular formula is C21H31IN4O2. The molecule has 1 unspecified atom stereocenters. The summed E-state index contributed by atoms with van der Waals surface area (Å²) in [7, 11) is 3.48. The lowest BCUT2D eigenvalue weighted by Gasteiger charge is -2.33. The number of methoxy groups -OCH3 is 1. The van der Waals surface area contributed by atoms with Gasteiger partial charge >= 0.3 is 0 Å².